The highest BCUT2D eigenvalue weighted by Gasteiger charge is 2.12. The minimum absolute atomic E-state index is 0. The zero-order chi connectivity index (χ0) is 9.73. The van der Waals surface area contributed by atoms with Gasteiger partial charge in [-0.15, -0.1) is 0 Å². The highest BCUT2D eigenvalue weighted by atomic mass is 35.5. The SMILES string of the molecule is C=CN[N+](C)(C)Cc1ccccc1.[Cl-]. The lowest BCUT2D eigenvalue weighted by molar-refractivity contribution is -0.941. The minimum atomic E-state index is 0. The molecule has 1 aromatic rings. The molecule has 0 radical (unpaired) electrons. The largest absolute Gasteiger partial charge is 1.00 e. The predicted octanol–water partition coefficient (Wildman–Crippen LogP) is -1.08. The van der Waals surface area contributed by atoms with Crippen LogP contribution in [0.2, 0.25) is 0 Å². The van der Waals surface area contributed by atoms with Crippen LogP contribution in [0.3, 0.4) is 0 Å². The summed E-state index contributed by atoms with van der Waals surface area (Å²) in [5.74, 6) is 0. The lowest BCUT2D eigenvalue weighted by atomic mass is 10.2. The third-order valence-corrected chi connectivity index (χ3v) is 1.86. The van der Waals surface area contributed by atoms with Crippen LogP contribution in [-0.2, 0) is 6.54 Å². The fourth-order valence-corrected chi connectivity index (χ4v) is 1.33. The Kier molecular flexibility index (Phi) is 5.28. The molecule has 0 amide bonds. The Morgan fingerprint density at radius 2 is 1.86 bits per heavy atom. The van der Waals surface area contributed by atoms with E-state index >= 15 is 0 Å². The molecule has 0 aliphatic rings. The molecule has 0 fully saturated rings. The molecule has 1 rings (SSSR count). The zero-order valence-corrected chi connectivity index (χ0v) is 9.46. The number of rotatable bonds is 4. The van der Waals surface area contributed by atoms with Crippen molar-refractivity contribution in [2.45, 2.75) is 6.54 Å². The molecule has 0 bridgehead atoms. The molecular formula is C11H17ClN2. The van der Waals surface area contributed by atoms with Gasteiger partial charge in [0, 0.05) is 11.8 Å². The van der Waals surface area contributed by atoms with Gasteiger partial charge in [-0.05, 0) is 0 Å². The van der Waals surface area contributed by atoms with Crippen LogP contribution in [0, 0.1) is 0 Å². The lowest BCUT2D eigenvalue weighted by Gasteiger charge is -2.28. The van der Waals surface area contributed by atoms with Crippen LogP contribution in [0.4, 0.5) is 0 Å². The number of quaternary nitrogens is 1. The molecule has 78 valence electrons. The van der Waals surface area contributed by atoms with Gasteiger partial charge in [0.1, 0.15) is 6.54 Å². The van der Waals surface area contributed by atoms with Gasteiger partial charge in [-0.25, -0.2) is 10.0 Å². The van der Waals surface area contributed by atoms with Gasteiger partial charge >= 0.3 is 0 Å². The van der Waals surface area contributed by atoms with Crippen molar-refractivity contribution >= 4 is 0 Å². The van der Waals surface area contributed by atoms with Gasteiger partial charge in [0.25, 0.3) is 0 Å². The molecule has 0 aromatic heterocycles. The molecule has 0 saturated carbocycles. The Morgan fingerprint density at radius 1 is 1.29 bits per heavy atom. The second-order valence-corrected chi connectivity index (χ2v) is 3.66. The molecule has 0 aliphatic heterocycles. The maximum absolute atomic E-state index is 3.66. The van der Waals surface area contributed by atoms with Crippen LogP contribution >= 0.6 is 0 Å². The molecule has 0 heterocycles. The Hall–Kier alpha value is -0.990. The first-order chi connectivity index (χ1) is 6.14. The second-order valence-electron chi connectivity index (χ2n) is 3.66. The van der Waals surface area contributed by atoms with E-state index in [1.165, 1.54) is 5.56 Å². The number of benzene rings is 1. The topological polar surface area (TPSA) is 12.0 Å². The van der Waals surface area contributed by atoms with Gasteiger partial charge < -0.3 is 12.4 Å². The van der Waals surface area contributed by atoms with Crippen molar-refractivity contribution in [3.05, 3.63) is 48.7 Å². The van der Waals surface area contributed by atoms with Gasteiger partial charge in [-0.3, -0.25) is 0 Å². The molecule has 0 aliphatic carbocycles. The first-order valence-electron chi connectivity index (χ1n) is 4.40. The van der Waals surface area contributed by atoms with Crippen LogP contribution in [-0.4, -0.2) is 18.7 Å². The molecule has 0 saturated heterocycles. The summed E-state index contributed by atoms with van der Waals surface area (Å²) in [5, 5.41) is 0. The summed E-state index contributed by atoms with van der Waals surface area (Å²) in [6.45, 7) is 4.61. The van der Waals surface area contributed by atoms with Crippen molar-refractivity contribution < 1.29 is 17.0 Å². The number of hydrogen-bond acceptors (Lipinski definition) is 1. The summed E-state index contributed by atoms with van der Waals surface area (Å²) in [6, 6.07) is 10.4. The van der Waals surface area contributed by atoms with E-state index < -0.39 is 0 Å². The highest BCUT2D eigenvalue weighted by molar-refractivity contribution is 5.13. The van der Waals surface area contributed by atoms with Crippen LogP contribution < -0.4 is 17.8 Å². The maximum atomic E-state index is 3.66. The average Bonchev–Trinajstić information content (AvgIpc) is 2.04. The van der Waals surface area contributed by atoms with E-state index in [1.807, 2.05) is 6.07 Å². The lowest BCUT2D eigenvalue weighted by Crippen LogP contribution is -3.00. The second kappa shape index (κ2) is 5.68. The van der Waals surface area contributed by atoms with Crippen LogP contribution in [0.1, 0.15) is 5.56 Å². The highest BCUT2D eigenvalue weighted by Crippen LogP contribution is 2.05. The summed E-state index contributed by atoms with van der Waals surface area (Å²) < 4.78 is 0.716. The summed E-state index contributed by atoms with van der Waals surface area (Å²) in [4.78, 5) is 0. The number of nitrogens with one attached hydrogen (secondary N) is 1. The molecule has 0 unspecified atom stereocenters. The third-order valence-electron chi connectivity index (χ3n) is 1.86. The van der Waals surface area contributed by atoms with Crippen molar-refractivity contribution in [1.82, 2.24) is 5.43 Å². The van der Waals surface area contributed by atoms with Crippen molar-refractivity contribution in [2.75, 3.05) is 14.1 Å². The Labute approximate surface area is 92.2 Å². The Bertz CT molecular complexity index is 270. The van der Waals surface area contributed by atoms with Crippen LogP contribution in [0.5, 0.6) is 0 Å². The van der Waals surface area contributed by atoms with Gasteiger partial charge in [0.05, 0.1) is 14.1 Å². The van der Waals surface area contributed by atoms with Crippen molar-refractivity contribution in [3.8, 4) is 0 Å². The average molecular weight is 213 g/mol. The smallest absolute Gasteiger partial charge is 0.126 e. The standard InChI is InChI=1S/C11H17N2.ClH/c1-4-12-13(2,3)10-11-8-6-5-7-9-11;/h4-9,12H,1,10H2,2-3H3;1H/q+1;/p-1. The van der Waals surface area contributed by atoms with Crippen LogP contribution in [0.25, 0.3) is 0 Å². The summed E-state index contributed by atoms with van der Waals surface area (Å²) in [6.07, 6.45) is 1.73. The third kappa shape index (κ3) is 4.30. The molecular weight excluding hydrogens is 196 g/mol. The molecule has 0 atom stereocenters. The monoisotopic (exact) mass is 212 g/mol. The Morgan fingerprint density at radius 3 is 2.36 bits per heavy atom. The fourth-order valence-electron chi connectivity index (χ4n) is 1.33. The van der Waals surface area contributed by atoms with E-state index in [1.54, 1.807) is 6.20 Å². The molecule has 2 nitrogen and oxygen atoms in total. The predicted molar refractivity (Wildman–Crippen MR) is 55.6 cm³/mol. The number of halogens is 1. The summed E-state index contributed by atoms with van der Waals surface area (Å²) in [5.41, 5.74) is 4.49. The zero-order valence-electron chi connectivity index (χ0n) is 8.70. The summed E-state index contributed by atoms with van der Waals surface area (Å²) in [7, 11) is 4.21. The molecule has 1 aromatic carbocycles. The van der Waals surface area contributed by atoms with Crippen molar-refractivity contribution in [2.24, 2.45) is 0 Å². The van der Waals surface area contributed by atoms with E-state index in [-0.39, 0.29) is 12.4 Å². The van der Waals surface area contributed by atoms with E-state index in [9.17, 15) is 0 Å². The molecule has 0 spiro atoms. The van der Waals surface area contributed by atoms with Gasteiger partial charge in [0.2, 0.25) is 0 Å². The van der Waals surface area contributed by atoms with Crippen molar-refractivity contribution in [1.29, 1.82) is 0 Å². The van der Waals surface area contributed by atoms with E-state index in [0.29, 0.717) is 4.59 Å². The molecule has 14 heavy (non-hydrogen) atoms. The maximum Gasteiger partial charge on any atom is 0.126 e. The first kappa shape index (κ1) is 13.0. The van der Waals surface area contributed by atoms with E-state index in [0.717, 1.165) is 6.54 Å². The van der Waals surface area contributed by atoms with E-state index in [2.05, 4.69) is 50.4 Å². The van der Waals surface area contributed by atoms with Gasteiger partial charge in [-0.1, -0.05) is 36.9 Å². The minimum Gasteiger partial charge on any atom is -1.00 e. The quantitative estimate of drug-likeness (QED) is 0.495. The summed E-state index contributed by atoms with van der Waals surface area (Å²) >= 11 is 0. The Balaban J connectivity index is 0.00000169. The number of nitrogens with zero attached hydrogens (tertiary/aromatic N) is 1. The van der Waals surface area contributed by atoms with E-state index in [4.69, 9.17) is 0 Å². The molecule has 3 heteroatoms. The fraction of sp³-hybridized carbons (Fsp3) is 0.273. The molecule has 1 N–H and O–H groups in total. The van der Waals surface area contributed by atoms with Gasteiger partial charge in [0.15, 0.2) is 0 Å². The number of hydrogen-bond donors (Lipinski definition) is 1. The van der Waals surface area contributed by atoms with Crippen LogP contribution in [0.15, 0.2) is 43.1 Å². The normalized spacial score (nSPS) is 10.1. The first-order valence-corrected chi connectivity index (χ1v) is 4.40. The van der Waals surface area contributed by atoms with Crippen molar-refractivity contribution in [3.63, 3.8) is 0 Å². The van der Waals surface area contributed by atoms with Gasteiger partial charge in [-0.2, -0.15) is 0 Å².